The van der Waals surface area contributed by atoms with Crippen LogP contribution in [-0.2, 0) is 9.59 Å². The largest absolute Gasteiger partial charge is 0.507 e. The number of nitrogens with one attached hydrogen (secondary N) is 1. The van der Waals surface area contributed by atoms with Crippen LogP contribution in [0.1, 0.15) is 28.8 Å². The minimum absolute atomic E-state index is 0.0304. The number of benzene rings is 2. The van der Waals surface area contributed by atoms with E-state index >= 15 is 0 Å². The maximum absolute atomic E-state index is 12.7. The van der Waals surface area contributed by atoms with Crippen molar-refractivity contribution in [2.75, 3.05) is 11.9 Å². The lowest BCUT2D eigenvalue weighted by Crippen LogP contribution is -2.29. The van der Waals surface area contributed by atoms with E-state index in [2.05, 4.69) is 10.1 Å². The zero-order valence-corrected chi connectivity index (χ0v) is 19.0. The quantitative estimate of drug-likeness (QED) is 0.339. The van der Waals surface area contributed by atoms with Crippen LogP contribution in [-0.4, -0.2) is 50.4 Å². The zero-order chi connectivity index (χ0) is 24.8. The summed E-state index contributed by atoms with van der Waals surface area (Å²) in [5, 5.41) is 21.2. The summed E-state index contributed by atoms with van der Waals surface area (Å²) in [6, 6.07) is 9.71. The monoisotopic (exact) mass is 508 g/mol. The number of hydrogen-bond donors (Lipinski definition) is 3. The Kier molecular flexibility index (Phi) is 8.18. The second kappa shape index (κ2) is 11.1. The molecule has 1 aliphatic heterocycles. The van der Waals surface area contributed by atoms with Crippen LogP contribution in [0.4, 0.5) is 14.5 Å². The molecule has 8 nitrogen and oxygen atoms in total. The molecule has 2 amide bonds. The first-order valence-electron chi connectivity index (χ1n) is 9.81. The number of amides is 2. The number of para-hydroxylation sites is 1. The van der Waals surface area contributed by atoms with E-state index < -0.39 is 30.1 Å². The number of carbonyl (C=O) groups is 3. The highest BCUT2D eigenvalue weighted by Crippen LogP contribution is 2.34. The van der Waals surface area contributed by atoms with Gasteiger partial charge in [0, 0.05) is 30.3 Å². The van der Waals surface area contributed by atoms with Crippen molar-refractivity contribution in [2.45, 2.75) is 19.5 Å². The number of phenols is 1. The predicted molar refractivity (Wildman–Crippen MR) is 126 cm³/mol. The fourth-order valence-corrected chi connectivity index (χ4v) is 4.35. The Bertz CT molecular complexity index is 1170. The predicted octanol–water partition coefficient (Wildman–Crippen LogP) is 4.31. The average molecular weight is 509 g/mol. The van der Waals surface area contributed by atoms with E-state index in [1.165, 1.54) is 41.3 Å². The van der Waals surface area contributed by atoms with Gasteiger partial charge in [0.25, 0.3) is 5.91 Å². The fourth-order valence-electron chi connectivity index (χ4n) is 3.05. The SMILES string of the molecule is O=C(CCCN1C(=O)/C(=C/c2ccccc2OC(F)F)SC1=S)Nc1ccc(C(=O)O)c(O)c1. The number of aromatic carboxylic acids is 1. The summed E-state index contributed by atoms with van der Waals surface area (Å²) < 4.78 is 30.0. The summed E-state index contributed by atoms with van der Waals surface area (Å²) in [5.74, 6) is -2.65. The number of hydrogen-bond acceptors (Lipinski definition) is 7. The lowest BCUT2D eigenvalue weighted by molar-refractivity contribution is -0.122. The summed E-state index contributed by atoms with van der Waals surface area (Å²) in [4.78, 5) is 37.4. The van der Waals surface area contributed by atoms with Crippen LogP contribution in [0.25, 0.3) is 6.08 Å². The average Bonchev–Trinajstić information content (AvgIpc) is 3.02. The van der Waals surface area contributed by atoms with Crippen LogP contribution in [0.2, 0.25) is 0 Å². The van der Waals surface area contributed by atoms with Gasteiger partial charge in [-0.1, -0.05) is 42.2 Å². The van der Waals surface area contributed by atoms with Gasteiger partial charge in [0.05, 0.1) is 4.91 Å². The van der Waals surface area contributed by atoms with E-state index in [0.29, 0.717) is 5.56 Å². The number of alkyl halides is 2. The molecule has 3 N–H and O–H groups in total. The molecule has 0 aromatic heterocycles. The van der Waals surface area contributed by atoms with Crippen molar-refractivity contribution in [3.63, 3.8) is 0 Å². The molecule has 1 heterocycles. The van der Waals surface area contributed by atoms with Gasteiger partial charge < -0.3 is 20.3 Å². The number of thiocarbonyl (C=S) groups is 1. The van der Waals surface area contributed by atoms with Gasteiger partial charge in [0.2, 0.25) is 5.91 Å². The summed E-state index contributed by atoms with van der Waals surface area (Å²) in [7, 11) is 0. The number of thioether (sulfide) groups is 1. The van der Waals surface area contributed by atoms with Gasteiger partial charge in [-0.2, -0.15) is 8.78 Å². The van der Waals surface area contributed by atoms with Crippen molar-refractivity contribution in [2.24, 2.45) is 0 Å². The Morgan fingerprint density at radius 3 is 2.65 bits per heavy atom. The molecule has 34 heavy (non-hydrogen) atoms. The molecule has 0 bridgehead atoms. The number of carboxylic acid groups (broad SMARTS) is 1. The summed E-state index contributed by atoms with van der Waals surface area (Å²) in [6.07, 6.45) is 1.73. The van der Waals surface area contributed by atoms with Crippen LogP contribution < -0.4 is 10.1 Å². The summed E-state index contributed by atoms with van der Waals surface area (Å²) in [6.45, 7) is -2.84. The highest BCUT2D eigenvalue weighted by Gasteiger charge is 2.32. The molecular formula is C22H18F2N2O6S2. The van der Waals surface area contributed by atoms with Gasteiger partial charge in [0.1, 0.15) is 21.4 Å². The molecule has 1 saturated heterocycles. The first kappa shape index (κ1) is 25.1. The first-order chi connectivity index (χ1) is 16.2. The Morgan fingerprint density at radius 2 is 1.97 bits per heavy atom. The maximum atomic E-state index is 12.7. The molecule has 12 heteroatoms. The molecule has 1 aliphatic rings. The van der Waals surface area contributed by atoms with Crippen LogP contribution >= 0.6 is 24.0 Å². The van der Waals surface area contributed by atoms with Crippen molar-refractivity contribution in [1.82, 2.24) is 4.90 Å². The third-order valence-corrected chi connectivity index (χ3v) is 5.97. The lowest BCUT2D eigenvalue weighted by Gasteiger charge is -2.14. The van der Waals surface area contributed by atoms with Gasteiger partial charge >= 0.3 is 12.6 Å². The van der Waals surface area contributed by atoms with Crippen LogP contribution in [0.15, 0.2) is 47.4 Å². The smallest absolute Gasteiger partial charge is 0.387 e. The van der Waals surface area contributed by atoms with E-state index in [1.807, 2.05) is 0 Å². The molecule has 3 rings (SSSR count). The summed E-state index contributed by atoms with van der Waals surface area (Å²) in [5.41, 5.74) is 0.245. The van der Waals surface area contributed by atoms with Crippen molar-refractivity contribution >= 4 is 57.8 Å². The maximum Gasteiger partial charge on any atom is 0.387 e. The molecule has 0 atom stereocenters. The van der Waals surface area contributed by atoms with E-state index in [1.54, 1.807) is 6.07 Å². The molecule has 2 aromatic carbocycles. The molecule has 2 aromatic rings. The van der Waals surface area contributed by atoms with Gasteiger partial charge in [-0.15, -0.1) is 0 Å². The normalized spacial score (nSPS) is 14.7. The number of nitrogens with zero attached hydrogens (tertiary/aromatic N) is 1. The van der Waals surface area contributed by atoms with Crippen molar-refractivity contribution < 1.29 is 38.1 Å². The zero-order valence-electron chi connectivity index (χ0n) is 17.4. The van der Waals surface area contributed by atoms with E-state index in [0.717, 1.165) is 17.8 Å². The number of carboxylic acids is 1. The molecular weight excluding hydrogens is 490 g/mol. The van der Waals surface area contributed by atoms with Crippen LogP contribution in [0, 0.1) is 0 Å². The van der Waals surface area contributed by atoms with Gasteiger partial charge in [0.15, 0.2) is 0 Å². The van der Waals surface area contributed by atoms with E-state index in [4.69, 9.17) is 17.3 Å². The molecule has 1 fully saturated rings. The van der Waals surface area contributed by atoms with Crippen molar-refractivity contribution in [1.29, 1.82) is 0 Å². The third kappa shape index (κ3) is 6.29. The minimum Gasteiger partial charge on any atom is -0.507 e. The number of rotatable bonds is 9. The Balaban J connectivity index is 1.57. The molecule has 0 spiro atoms. The lowest BCUT2D eigenvalue weighted by atomic mass is 10.1. The minimum atomic E-state index is -3.01. The molecule has 0 radical (unpaired) electrons. The number of aromatic hydroxyl groups is 1. The number of carbonyl (C=O) groups excluding carboxylic acids is 2. The Morgan fingerprint density at radius 1 is 1.24 bits per heavy atom. The highest BCUT2D eigenvalue weighted by molar-refractivity contribution is 8.26. The third-order valence-electron chi connectivity index (χ3n) is 4.59. The second-order valence-corrected chi connectivity index (χ2v) is 8.61. The summed E-state index contributed by atoms with van der Waals surface area (Å²) >= 11 is 6.27. The second-order valence-electron chi connectivity index (χ2n) is 6.94. The molecule has 178 valence electrons. The molecule has 0 aliphatic carbocycles. The van der Waals surface area contributed by atoms with Crippen molar-refractivity contribution in [3.05, 3.63) is 58.5 Å². The standard InChI is InChI=1S/C22H18F2N2O6S2/c23-21(24)32-16-5-2-1-4-12(16)10-17-19(29)26(22(33)34-17)9-3-6-18(28)25-13-7-8-14(20(30)31)15(27)11-13/h1-2,4-5,7-8,10-11,21,27H,3,6,9H2,(H,25,28)(H,30,31)/b17-10-. The van der Waals surface area contributed by atoms with Gasteiger partial charge in [-0.05, 0) is 30.7 Å². The Labute approximate surface area is 202 Å². The number of anilines is 1. The van der Waals surface area contributed by atoms with Crippen LogP contribution in [0.5, 0.6) is 11.5 Å². The highest BCUT2D eigenvalue weighted by atomic mass is 32.2. The van der Waals surface area contributed by atoms with Gasteiger partial charge in [-0.25, -0.2) is 4.79 Å². The van der Waals surface area contributed by atoms with Crippen molar-refractivity contribution in [3.8, 4) is 11.5 Å². The topological polar surface area (TPSA) is 116 Å². The van der Waals surface area contributed by atoms with Crippen LogP contribution in [0.3, 0.4) is 0 Å². The van der Waals surface area contributed by atoms with E-state index in [9.17, 15) is 28.3 Å². The fraction of sp³-hybridized carbons (Fsp3) is 0.182. The Hall–Kier alpha value is -3.51. The first-order valence-corrected chi connectivity index (χ1v) is 11.0. The number of ether oxygens (including phenoxy) is 1. The van der Waals surface area contributed by atoms with E-state index in [-0.39, 0.29) is 45.6 Å². The van der Waals surface area contributed by atoms with Gasteiger partial charge in [-0.3, -0.25) is 14.5 Å². The molecule has 0 unspecified atom stereocenters. The number of halogens is 2. The molecule has 0 saturated carbocycles.